The Bertz CT molecular complexity index is 640. The normalized spacial score (nSPS) is 10.2. The molecule has 2 amide bonds. The third-order valence-electron chi connectivity index (χ3n) is 2.38. The molecule has 0 unspecified atom stereocenters. The summed E-state index contributed by atoms with van der Waals surface area (Å²) < 4.78 is 0. The van der Waals surface area contributed by atoms with Gasteiger partial charge < -0.3 is 11.1 Å². The highest BCUT2D eigenvalue weighted by molar-refractivity contribution is 7.99. The number of thioether (sulfide) groups is 1. The Kier molecular flexibility index (Phi) is 4.36. The van der Waals surface area contributed by atoms with Crippen LogP contribution in [0.3, 0.4) is 0 Å². The number of benzene rings is 1. The number of aromatic amines is 1. The van der Waals surface area contributed by atoms with Crippen LogP contribution in [-0.4, -0.2) is 32.7 Å². The molecule has 0 spiro atoms. The maximum Gasteiger partial charge on any atom is 0.250 e. The summed E-state index contributed by atoms with van der Waals surface area (Å²) in [5.41, 5.74) is 5.92. The smallest absolute Gasteiger partial charge is 0.250 e. The van der Waals surface area contributed by atoms with E-state index in [1.807, 2.05) is 0 Å². The molecule has 1 aromatic heterocycles. The summed E-state index contributed by atoms with van der Waals surface area (Å²) in [5, 5.41) is 9.75. The van der Waals surface area contributed by atoms with Crippen molar-refractivity contribution in [3.63, 3.8) is 0 Å². The van der Waals surface area contributed by atoms with Crippen molar-refractivity contribution in [3.8, 4) is 0 Å². The van der Waals surface area contributed by atoms with E-state index in [0.29, 0.717) is 16.7 Å². The number of nitrogens with zero attached hydrogens (tertiary/aromatic N) is 2. The van der Waals surface area contributed by atoms with Gasteiger partial charge in [0.25, 0.3) is 5.91 Å². The summed E-state index contributed by atoms with van der Waals surface area (Å²) in [6.45, 7) is 1.78. The Labute approximate surface area is 119 Å². The summed E-state index contributed by atoms with van der Waals surface area (Å²) in [6.07, 6.45) is 0. The van der Waals surface area contributed by atoms with Crippen molar-refractivity contribution < 1.29 is 9.59 Å². The first-order valence-electron chi connectivity index (χ1n) is 5.77. The van der Waals surface area contributed by atoms with E-state index in [1.54, 1.807) is 31.2 Å². The van der Waals surface area contributed by atoms with Crippen molar-refractivity contribution in [2.45, 2.75) is 12.1 Å². The number of rotatable bonds is 5. The number of para-hydroxylation sites is 1. The number of primary amides is 1. The van der Waals surface area contributed by atoms with Gasteiger partial charge in [-0.25, -0.2) is 4.98 Å². The third kappa shape index (κ3) is 3.58. The lowest BCUT2D eigenvalue weighted by atomic mass is 10.1. The van der Waals surface area contributed by atoms with Gasteiger partial charge in [-0.05, 0) is 19.1 Å². The second kappa shape index (κ2) is 6.20. The molecule has 20 heavy (non-hydrogen) atoms. The summed E-state index contributed by atoms with van der Waals surface area (Å²) in [4.78, 5) is 27.1. The summed E-state index contributed by atoms with van der Waals surface area (Å²) in [5.74, 6) is -0.0130. The number of hydrogen-bond acceptors (Lipinski definition) is 5. The molecule has 0 fully saturated rings. The average molecular weight is 291 g/mol. The molecule has 0 bridgehead atoms. The standard InChI is InChI=1S/C12H13N5O2S/c1-7-14-12(17-16-7)20-6-10(18)15-9-5-3-2-4-8(9)11(13)19/h2-5H,6H2,1H3,(H2,13,19)(H,15,18)(H,14,16,17). The van der Waals surface area contributed by atoms with Crippen LogP contribution < -0.4 is 11.1 Å². The fraction of sp³-hybridized carbons (Fsp3) is 0.167. The van der Waals surface area contributed by atoms with Gasteiger partial charge in [0.05, 0.1) is 17.0 Å². The van der Waals surface area contributed by atoms with Gasteiger partial charge >= 0.3 is 0 Å². The molecule has 2 rings (SSSR count). The number of aryl methyl sites for hydroxylation is 1. The van der Waals surface area contributed by atoms with Gasteiger partial charge in [-0.15, -0.1) is 5.10 Å². The molecule has 8 heteroatoms. The fourth-order valence-corrected chi connectivity index (χ4v) is 2.15. The second-order valence-electron chi connectivity index (χ2n) is 3.95. The van der Waals surface area contributed by atoms with Gasteiger partial charge in [0, 0.05) is 0 Å². The number of amides is 2. The van der Waals surface area contributed by atoms with E-state index in [1.165, 1.54) is 11.8 Å². The third-order valence-corrected chi connectivity index (χ3v) is 3.22. The molecule has 0 aliphatic carbocycles. The van der Waals surface area contributed by atoms with Crippen molar-refractivity contribution in [3.05, 3.63) is 35.7 Å². The number of nitrogens with two attached hydrogens (primary N) is 1. The second-order valence-corrected chi connectivity index (χ2v) is 4.89. The molecule has 0 aliphatic heterocycles. The highest BCUT2D eigenvalue weighted by Crippen LogP contribution is 2.16. The Hall–Kier alpha value is -2.35. The van der Waals surface area contributed by atoms with Crippen molar-refractivity contribution >= 4 is 29.3 Å². The number of H-pyrrole nitrogens is 1. The van der Waals surface area contributed by atoms with E-state index in [4.69, 9.17) is 5.73 Å². The van der Waals surface area contributed by atoms with Gasteiger partial charge in [0.15, 0.2) is 0 Å². The zero-order chi connectivity index (χ0) is 14.5. The first-order valence-corrected chi connectivity index (χ1v) is 6.75. The van der Waals surface area contributed by atoms with Crippen LogP contribution in [0.2, 0.25) is 0 Å². The highest BCUT2D eigenvalue weighted by atomic mass is 32.2. The molecule has 104 valence electrons. The molecule has 0 saturated heterocycles. The summed E-state index contributed by atoms with van der Waals surface area (Å²) >= 11 is 1.20. The lowest BCUT2D eigenvalue weighted by Crippen LogP contribution is -2.19. The number of carbonyl (C=O) groups excluding carboxylic acids is 2. The molecule has 0 atom stereocenters. The first-order chi connectivity index (χ1) is 9.56. The SMILES string of the molecule is Cc1nc(SCC(=O)Nc2ccccc2C(N)=O)n[nH]1. The zero-order valence-corrected chi connectivity index (χ0v) is 11.5. The minimum atomic E-state index is -0.585. The molecule has 4 N–H and O–H groups in total. The van der Waals surface area contributed by atoms with Crippen LogP contribution in [-0.2, 0) is 4.79 Å². The number of hydrogen-bond donors (Lipinski definition) is 3. The van der Waals surface area contributed by atoms with Crippen LogP contribution in [0, 0.1) is 6.92 Å². The van der Waals surface area contributed by atoms with Gasteiger partial charge in [-0.3, -0.25) is 14.7 Å². The number of aromatic nitrogens is 3. The molecular formula is C12H13N5O2S. The first kappa shape index (κ1) is 14.1. The molecule has 7 nitrogen and oxygen atoms in total. The lowest BCUT2D eigenvalue weighted by molar-refractivity contribution is -0.113. The number of nitrogens with one attached hydrogen (secondary N) is 2. The fourth-order valence-electron chi connectivity index (χ4n) is 1.51. The minimum absolute atomic E-state index is 0.143. The zero-order valence-electron chi connectivity index (χ0n) is 10.7. The van der Waals surface area contributed by atoms with Gasteiger partial charge in [0.2, 0.25) is 11.1 Å². The number of anilines is 1. The highest BCUT2D eigenvalue weighted by Gasteiger charge is 2.11. The maximum atomic E-state index is 11.8. The van der Waals surface area contributed by atoms with Gasteiger partial charge in [-0.1, -0.05) is 23.9 Å². The quantitative estimate of drug-likeness (QED) is 0.709. The van der Waals surface area contributed by atoms with Crippen molar-refractivity contribution in [1.29, 1.82) is 0 Å². The Balaban J connectivity index is 1.96. The summed E-state index contributed by atoms with van der Waals surface area (Å²) in [7, 11) is 0. The van der Waals surface area contributed by atoms with E-state index in [2.05, 4.69) is 20.5 Å². The van der Waals surface area contributed by atoms with Crippen LogP contribution in [0.25, 0.3) is 0 Å². The van der Waals surface area contributed by atoms with E-state index >= 15 is 0 Å². The Morgan fingerprint density at radius 1 is 1.40 bits per heavy atom. The molecule has 0 radical (unpaired) electrons. The largest absolute Gasteiger partial charge is 0.366 e. The van der Waals surface area contributed by atoms with Crippen LogP contribution in [0.1, 0.15) is 16.2 Å². The van der Waals surface area contributed by atoms with Crippen LogP contribution in [0.5, 0.6) is 0 Å². The molecule has 1 aromatic carbocycles. The van der Waals surface area contributed by atoms with Crippen LogP contribution in [0.4, 0.5) is 5.69 Å². The monoisotopic (exact) mass is 291 g/mol. The minimum Gasteiger partial charge on any atom is -0.366 e. The van der Waals surface area contributed by atoms with E-state index in [0.717, 1.165) is 0 Å². The molecule has 1 heterocycles. The van der Waals surface area contributed by atoms with Crippen LogP contribution in [0.15, 0.2) is 29.4 Å². The molecule has 2 aromatic rings. The van der Waals surface area contributed by atoms with Gasteiger partial charge in [-0.2, -0.15) is 0 Å². The average Bonchev–Trinajstić information content (AvgIpc) is 2.83. The van der Waals surface area contributed by atoms with E-state index in [-0.39, 0.29) is 17.2 Å². The lowest BCUT2D eigenvalue weighted by Gasteiger charge is -2.07. The maximum absolute atomic E-state index is 11.8. The van der Waals surface area contributed by atoms with Crippen molar-refractivity contribution in [2.24, 2.45) is 5.73 Å². The molecule has 0 saturated carbocycles. The van der Waals surface area contributed by atoms with Gasteiger partial charge in [0.1, 0.15) is 5.82 Å². The van der Waals surface area contributed by atoms with E-state index in [9.17, 15) is 9.59 Å². The van der Waals surface area contributed by atoms with E-state index < -0.39 is 5.91 Å². The van der Waals surface area contributed by atoms with Crippen LogP contribution >= 0.6 is 11.8 Å². The number of carbonyl (C=O) groups is 2. The summed E-state index contributed by atoms with van der Waals surface area (Å²) in [6, 6.07) is 6.58. The molecule has 0 aliphatic rings. The topological polar surface area (TPSA) is 114 Å². The Morgan fingerprint density at radius 3 is 2.80 bits per heavy atom. The van der Waals surface area contributed by atoms with Crippen molar-refractivity contribution in [1.82, 2.24) is 15.2 Å². The predicted molar refractivity (Wildman–Crippen MR) is 75.4 cm³/mol. The predicted octanol–water partition coefficient (Wildman–Crippen LogP) is 0.943. The molecular weight excluding hydrogens is 278 g/mol. The van der Waals surface area contributed by atoms with Crippen molar-refractivity contribution in [2.75, 3.05) is 11.1 Å². The Morgan fingerprint density at radius 2 is 2.15 bits per heavy atom.